The molecule has 6 rings (SSSR count). The van der Waals surface area contributed by atoms with Crippen LogP contribution in [-0.2, 0) is 24.9 Å². The monoisotopic (exact) mass is 872 g/mol. The molecule has 0 spiro atoms. The van der Waals surface area contributed by atoms with Gasteiger partial charge in [-0.05, 0) is 47.7 Å². The molecule has 42 heavy (non-hydrogen) atoms. The molecule has 6 aromatic carbocycles. The Labute approximate surface area is 279 Å². The molecule has 0 aliphatic carbocycles. The molecule has 0 bridgehead atoms. The van der Waals surface area contributed by atoms with Gasteiger partial charge in [0.15, 0.2) is 0 Å². The second-order valence-corrected chi connectivity index (χ2v) is 13.6. The molecule has 0 saturated heterocycles. The summed E-state index contributed by atoms with van der Waals surface area (Å²) in [5, 5.41) is 8.39. The molecule has 0 unspecified atom stereocenters. The molecule has 0 fully saturated rings. The van der Waals surface area contributed by atoms with Gasteiger partial charge in [-0.1, -0.05) is 182 Å². The summed E-state index contributed by atoms with van der Waals surface area (Å²) < 4.78 is 1.47. The largest absolute Gasteiger partial charge is 0.531 e. The van der Waals surface area contributed by atoms with Gasteiger partial charge in [0.25, 0.3) is 0 Å². The fourth-order valence-electron chi connectivity index (χ4n) is 4.36. The Kier molecular flexibility index (Phi) is 15.6. The van der Waals surface area contributed by atoms with Crippen LogP contribution in [0.5, 0.6) is 0 Å². The third kappa shape index (κ3) is 10.2. The zero-order valence-corrected chi connectivity index (χ0v) is 29.2. The van der Waals surface area contributed by atoms with E-state index >= 15 is 0 Å². The van der Waals surface area contributed by atoms with Gasteiger partial charge in [-0.15, -0.1) is 0 Å². The summed E-state index contributed by atoms with van der Waals surface area (Å²) in [7, 11) is -0.892. The van der Waals surface area contributed by atoms with Gasteiger partial charge < -0.3 is 4.79 Å². The Morgan fingerprint density at radius 3 is 0.571 bits per heavy atom. The molecule has 0 heterocycles. The van der Waals surface area contributed by atoms with E-state index in [2.05, 4.69) is 182 Å². The Bertz CT molecular complexity index is 1230. The van der Waals surface area contributed by atoms with Crippen LogP contribution in [-0.4, -0.2) is 4.29 Å². The topological polar surface area (TPSA) is 17.1 Å². The average molecular weight is 872 g/mol. The van der Waals surface area contributed by atoms with E-state index in [0.717, 1.165) is 0 Å². The third-order valence-electron chi connectivity index (χ3n) is 6.09. The van der Waals surface area contributed by atoms with E-state index in [0.29, 0.717) is 0 Å². The average Bonchev–Trinajstić information content (AvgIpc) is 3.05. The molecule has 5 heteroatoms. The third-order valence-corrected chi connectivity index (χ3v) is 11.0. The van der Waals surface area contributed by atoms with Crippen molar-refractivity contribution in [3.63, 3.8) is 0 Å². The minimum absolute atomic E-state index is 0. The van der Waals surface area contributed by atoms with Gasteiger partial charge in [0.05, 0.1) is 0 Å². The fraction of sp³-hybridized carbons (Fsp3) is 0. The summed E-state index contributed by atoms with van der Waals surface area (Å²) >= 11 is 1.48. The van der Waals surface area contributed by atoms with E-state index in [1.807, 2.05) is 0 Å². The zero-order valence-electron chi connectivity index (χ0n) is 22.8. The van der Waals surface area contributed by atoms with E-state index in [4.69, 9.17) is 4.79 Å². The van der Waals surface area contributed by atoms with Crippen LogP contribution in [0.2, 0.25) is 0 Å². The predicted molar refractivity (Wildman–Crippen MR) is 190 cm³/mol. The summed E-state index contributed by atoms with van der Waals surface area (Å²) in [4.78, 5) is 8.67. The van der Waals surface area contributed by atoms with Crippen LogP contribution in [0.3, 0.4) is 0 Å². The van der Waals surface area contributed by atoms with Crippen molar-refractivity contribution in [1.82, 2.24) is 0 Å². The molecule has 0 aliphatic rings. The minimum Gasteiger partial charge on any atom is -0.531 e. The maximum absolute atomic E-state index is 8.67. The van der Waals surface area contributed by atoms with Gasteiger partial charge in [0.2, 0.25) is 0 Å². The Balaban J connectivity index is 0.000000207. The molecular weight excluding hydrogens is 841 g/mol. The smallest absolute Gasteiger partial charge is 0 e. The molecule has 0 aliphatic heterocycles. The normalized spacial score (nSPS) is 9.88. The van der Waals surface area contributed by atoms with Gasteiger partial charge in [-0.3, -0.25) is 22.6 Å². The summed E-state index contributed by atoms with van der Waals surface area (Å²) in [6.45, 7) is 0. The predicted octanol–water partition coefficient (Wildman–Crippen LogP) is 7.38. The maximum Gasteiger partial charge on any atom is 0 e. The van der Waals surface area contributed by atoms with E-state index in [1.165, 1.54) is 58.7 Å². The SMILES string of the molecule is O=[C-]I.[Ir].c1ccc(P(c2ccccc2)c2ccccc2)cc1.c1ccc(P(c2ccccc2)c2ccccc2)cc1. The quantitative estimate of drug-likeness (QED) is 0.0740. The second-order valence-electron chi connectivity index (χ2n) is 8.76. The molecule has 0 saturated carbocycles. The van der Waals surface area contributed by atoms with Crippen molar-refractivity contribution in [1.29, 1.82) is 0 Å². The Hall–Kier alpha value is -2.77. The first-order valence-electron chi connectivity index (χ1n) is 13.2. The molecule has 6 aromatic rings. The molecule has 211 valence electrons. The van der Waals surface area contributed by atoms with Crippen LogP contribution in [0.1, 0.15) is 0 Å². The van der Waals surface area contributed by atoms with Crippen molar-refractivity contribution in [2.45, 2.75) is 0 Å². The second kappa shape index (κ2) is 19.4. The summed E-state index contributed by atoms with van der Waals surface area (Å²) in [5.41, 5.74) is 0. The van der Waals surface area contributed by atoms with Crippen molar-refractivity contribution in [3.8, 4) is 0 Å². The van der Waals surface area contributed by atoms with Crippen LogP contribution in [0.25, 0.3) is 0 Å². The molecule has 0 amide bonds. The van der Waals surface area contributed by atoms with Crippen LogP contribution in [0, 0.1) is 0 Å². The van der Waals surface area contributed by atoms with Gasteiger partial charge in [-0.25, -0.2) is 0 Å². The van der Waals surface area contributed by atoms with Crippen molar-refractivity contribution in [2.75, 3.05) is 0 Å². The van der Waals surface area contributed by atoms with Gasteiger partial charge in [-0.2, -0.15) is 4.29 Å². The number of hydrogen-bond donors (Lipinski definition) is 0. The van der Waals surface area contributed by atoms with Crippen molar-refractivity contribution >= 4 is 74.6 Å². The molecular formula is C37H30IIrOP2-. The van der Waals surface area contributed by atoms with Gasteiger partial charge in [0, 0.05) is 20.1 Å². The Morgan fingerprint density at radius 2 is 0.452 bits per heavy atom. The van der Waals surface area contributed by atoms with E-state index in [9.17, 15) is 0 Å². The molecule has 1 nitrogen and oxygen atoms in total. The standard InChI is InChI=1S/2C18H15P.CIO.Ir/c2*1-4-10-16(11-5-1)19(17-12-6-2-7-13-17)18-14-8-3-9-15-18;2-1-3;/h2*1-15H;;/q;;-1;. The number of benzene rings is 6. The van der Waals surface area contributed by atoms with E-state index in [1.54, 1.807) is 0 Å². The van der Waals surface area contributed by atoms with Crippen molar-refractivity contribution < 1.29 is 24.9 Å². The first kappa shape index (κ1) is 33.7. The first-order valence-corrected chi connectivity index (χ1v) is 17.0. The molecule has 0 atom stereocenters. The number of halogens is 1. The van der Waals surface area contributed by atoms with Crippen LogP contribution in [0.4, 0.5) is 0 Å². The maximum atomic E-state index is 8.67. The summed E-state index contributed by atoms with van der Waals surface area (Å²) in [6.07, 6.45) is 0. The summed E-state index contributed by atoms with van der Waals surface area (Å²) in [5.74, 6) is 0. The summed E-state index contributed by atoms with van der Waals surface area (Å²) in [6, 6.07) is 64.7. The molecule has 1 radical (unpaired) electrons. The minimum atomic E-state index is -0.446. The van der Waals surface area contributed by atoms with Crippen LogP contribution < -0.4 is 31.8 Å². The zero-order chi connectivity index (χ0) is 28.5. The van der Waals surface area contributed by atoms with E-state index in [-0.39, 0.29) is 20.1 Å². The van der Waals surface area contributed by atoms with Crippen LogP contribution in [0.15, 0.2) is 182 Å². The van der Waals surface area contributed by atoms with Crippen molar-refractivity contribution in [3.05, 3.63) is 182 Å². The van der Waals surface area contributed by atoms with E-state index < -0.39 is 15.8 Å². The molecule has 0 aromatic heterocycles. The van der Waals surface area contributed by atoms with Crippen molar-refractivity contribution in [2.24, 2.45) is 0 Å². The molecule has 0 N–H and O–H groups in total. The number of carbonyl (C=O) groups excluding carboxylic acids is 1. The Morgan fingerprint density at radius 1 is 0.333 bits per heavy atom. The number of rotatable bonds is 6. The van der Waals surface area contributed by atoms with Crippen LogP contribution >= 0.6 is 38.4 Å². The van der Waals surface area contributed by atoms with Gasteiger partial charge in [0.1, 0.15) is 0 Å². The number of hydrogen-bond acceptors (Lipinski definition) is 1. The van der Waals surface area contributed by atoms with Gasteiger partial charge >= 0.3 is 0 Å². The first-order chi connectivity index (χ1) is 20.3. The fourth-order valence-corrected chi connectivity index (χ4v) is 8.97.